The van der Waals surface area contributed by atoms with Crippen molar-refractivity contribution in [3.05, 3.63) is 75.2 Å². The minimum atomic E-state index is -4.73. The lowest BCUT2D eigenvalue weighted by Crippen LogP contribution is -2.36. The molecule has 0 aromatic heterocycles. The van der Waals surface area contributed by atoms with Crippen molar-refractivity contribution in [3.8, 4) is 0 Å². The molecule has 4 amide bonds. The van der Waals surface area contributed by atoms with Crippen LogP contribution in [0.25, 0.3) is 0 Å². The monoisotopic (exact) mass is 494 g/mol. The highest BCUT2D eigenvalue weighted by Gasteiger charge is 2.38. The molecule has 1 saturated heterocycles. The van der Waals surface area contributed by atoms with Crippen molar-refractivity contribution < 1.29 is 37.3 Å². The van der Waals surface area contributed by atoms with Gasteiger partial charge in [-0.05, 0) is 36.0 Å². The van der Waals surface area contributed by atoms with Gasteiger partial charge in [0.25, 0.3) is 16.8 Å². The summed E-state index contributed by atoms with van der Waals surface area (Å²) in [5.41, 5.74) is -1.64. The van der Waals surface area contributed by atoms with Gasteiger partial charge in [-0.1, -0.05) is 12.1 Å². The first-order chi connectivity index (χ1) is 16.0. The summed E-state index contributed by atoms with van der Waals surface area (Å²) in [6.07, 6.45) is -3.92. The Balaban J connectivity index is 1.65. The number of imide groups is 1. The molecule has 0 aliphatic carbocycles. The quantitative estimate of drug-likeness (QED) is 0.354. The van der Waals surface area contributed by atoms with E-state index in [-0.39, 0.29) is 16.3 Å². The van der Waals surface area contributed by atoms with Crippen molar-refractivity contribution in [2.75, 3.05) is 17.2 Å². The molecule has 14 heteroatoms. The number of nitro groups is 1. The summed E-state index contributed by atoms with van der Waals surface area (Å²) in [6, 6.07) is 9.03. The summed E-state index contributed by atoms with van der Waals surface area (Å²) in [5, 5.41) is 14.1. The van der Waals surface area contributed by atoms with Crippen LogP contribution in [0.4, 0.5) is 35.0 Å². The molecule has 1 aliphatic heterocycles. The molecule has 0 saturated carbocycles. The van der Waals surface area contributed by atoms with Gasteiger partial charge in [-0.25, -0.2) is 0 Å². The Morgan fingerprint density at radius 2 is 1.71 bits per heavy atom. The molecule has 1 fully saturated rings. The molecule has 0 atom stereocenters. The smallest absolute Gasteiger partial charge is 0.324 e. The number of alkyl halides is 3. The van der Waals surface area contributed by atoms with Crippen molar-refractivity contribution in [1.29, 1.82) is 0 Å². The number of nitro benzene ring substituents is 1. The van der Waals surface area contributed by atoms with Crippen LogP contribution < -0.4 is 10.6 Å². The fraction of sp³-hybridized carbons (Fsp3) is 0.100. The predicted octanol–water partition coefficient (Wildman–Crippen LogP) is 3.77. The molecule has 0 spiro atoms. The van der Waals surface area contributed by atoms with E-state index in [4.69, 9.17) is 0 Å². The average molecular weight is 494 g/mol. The van der Waals surface area contributed by atoms with Crippen molar-refractivity contribution in [2.24, 2.45) is 0 Å². The zero-order chi connectivity index (χ0) is 25.0. The van der Waals surface area contributed by atoms with Crippen LogP contribution in [0.3, 0.4) is 0 Å². The van der Waals surface area contributed by atoms with Gasteiger partial charge in [0.05, 0.1) is 21.1 Å². The van der Waals surface area contributed by atoms with E-state index in [0.29, 0.717) is 16.7 Å². The number of nitrogens with zero attached hydrogens (tertiary/aromatic N) is 2. The molecular weight excluding hydrogens is 481 g/mol. The van der Waals surface area contributed by atoms with Gasteiger partial charge in [0.1, 0.15) is 6.54 Å². The van der Waals surface area contributed by atoms with Gasteiger partial charge in [0.2, 0.25) is 11.8 Å². The maximum atomic E-state index is 13.1. The molecule has 1 aliphatic rings. The third-order valence-electron chi connectivity index (χ3n) is 4.29. The summed E-state index contributed by atoms with van der Waals surface area (Å²) in [7, 11) is 0. The van der Waals surface area contributed by atoms with E-state index in [1.54, 1.807) is 0 Å². The van der Waals surface area contributed by atoms with Crippen LogP contribution in [-0.4, -0.2) is 39.3 Å². The summed E-state index contributed by atoms with van der Waals surface area (Å²) in [4.78, 5) is 59.1. The number of carbonyl (C=O) groups is 4. The molecule has 10 nitrogen and oxygen atoms in total. The molecule has 2 aromatic rings. The fourth-order valence-electron chi connectivity index (χ4n) is 2.77. The lowest BCUT2D eigenvalue weighted by Gasteiger charge is -2.15. The van der Waals surface area contributed by atoms with Gasteiger partial charge in [0, 0.05) is 23.9 Å². The maximum Gasteiger partial charge on any atom is 0.418 e. The van der Waals surface area contributed by atoms with Gasteiger partial charge in [-0.3, -0.25) is 34.2 Å². The Morgan fingerprint density at radius 3 is 2.32 bits per heavy atom. The van der Waals surface area contributed by atoms with E-state index in [9.17, 15) is 42.5 Å². The van der Waals surface area contributed by atoms with Crippen LogP contribution >= 0.6 is 11.8 Å². The molecule has 3 rings (SSSR count). The second-order valence-electron chi connectivity index (χ2n) is 6.65. The third kappa shape index (κ3) is 5.78. The van der Waals surface area contributed by atoms with E-state index >= 15 is 0 Å². The van der Waals surface area contributed by atoms with E-state index in [1.165, 1.54) is 18.2 Å². The van der Waals surface area contributed by atoms with Crippen molar-refractivity contribution in [2.45, 2.75) is 6.18 Å². The number of thioether (sulfide) groups is 1. The number of hydrogen-bond donors (Lipinski definition) is 2. The van der Waals surface area contributed by atoms with Crippen molar-refractivity contribution in [1.82, 2.24) is 4.90 Å². The second-order valence-corrected chi connectivity index (χ2v) is 7.65. The number of anilines is 2. The molecule has 0 radical (unpaired) electrons. The van der Waals surface area contributed by atoms with Gasteiger partial charge in [0.15, 0.2) is 0 Å². The zero-order valence-corrected chi connectivity index (χ0v) is 17.6. The molecule has 2 N–H and O–H groups in total. The van der Waals surface area contributed by atoms with Crippen LogP contribution in [0.5, 0.6) is 0 Å². The highest BCUT2D eigenvalue weighted by molar-refractivity contribution is 8.18. The first kappa shape index (κ1) is 24.4. The highest BCUT2D eigenvalue weighted by atomic mass is 32.2. The first-order valence-corrected chi connectivity index (χ1v) is 10.0. The van der Waals surface area contributed by atoms with Crippen LogP contribution in [-0.2, 0) is 20.6 Å². The van der Waals surface area contributed by atoms with Gasteiger partial charge in [-0.15, -0.1) is 0 Å². The van der Waals surface area contributed by atoms with Gasteiger partial charge in [-0.2, -0.15) is 13.2 Å². The zero-order valence-electron chi connectivity index (χ0n) is 16.8. The summed E-state index contributed by atoms with van der Waals surface area (Å²) < 4.78 is 39.2. The number of para-hydroxylation sites is 1. The number of rotatable bonds is 6. The maximum absolute atomic E-state index is 13.1. The van der Waals surface area contributed by atoms with Crippen LogP contribution in [0.1, 0.15) is 5.56 Å². The average Bonchev–Trinajstić information content (AvgIpc) is 3.01. The molecule has 176 valence electrons. The SMILES string of the molecule is O=C(/C=C1\SC(=O)N(CC(=O)Nc2ccccc2C(F)(F)F)C1=O)Nc1ccc([N+](=O)[O-])cc1. The van der Waals surface area contributed by atoms with E-state index in [1.807, 2.05) is 5.32 Å². The number of amides is 4. The predicted molar refractivity (Wildman–Crippen MR) is 115 cm³/mol. The lowest BCUT2D eigenvalue weighted by atomic mass is 10.1. The largest absolute Gasteiger partial charge is 0.418 e. The first-order valence-electron chi connectivity index (χ1n) is 9.22. The van der Waals surface area contributed by atoms with Crippen molar-refractivity contribution in [3.63, 3.8) is 0 Å². The molecule has 2 aromatic carbocycles. The standard InChI is InChI=1S/C20H13F3N4O6S/c21-20(22,23)13-3-1-2-4-14(13)25-17(29)10-26-18(30)15(34-19(26)31)9-16(28)24-11-5-7-12(8-6-11)27(32)33/h1-9H,10H2,(H,24,28)(H,25,29)/b15-9-. The minimum Gasteiger partial charge on any atom is -0.324 e. The lowest BCUT2D eigenvalue weighted by molar-refractivity contribution is -0.384. The summed E-state index contributed by atoms with van der Waals surface area (Å²) in [6.45, 7) is -0.863. The Bertz CT molecular complexity index is 1210. The summed E-state index contributed by atoms with van der Waals surface area (Å²) in [5.74, 6) is -2.84. The molecule has 1 heterocycles. The van der Waals surface area contributed by atoms with Crippen LogP contribution in [0.15, 0.2) is 59.5 Å². The third-order valence-corrected chi connectivity index (χ3v) is 5.20. The summed E-state index contributed by atoms with van der Waals surface area (Å²) >= 11 is 0.371. The molecular formula is C20H13F3N4O6S. The number of halogens is 3. The molecule has 0 unspecified atom stereocenters. The Labute approximate surface area is 192 Å². The highest BCUT2D eigenvalue weighted by Crippen LogP contribution is 2.35. The molecule has 0 bridgehead atoms. The van der Waals surface area contributed by atoms with E-state index in [2.05, 4.69) is 5.32 Å². The normalized spacial score (nSPS) is 14.9. The fourth-order valence-corrected chi connectivity index (χ4v) is 3.58. The van der Waals surface area contributed by atoms with Gasteiger partial charge < -0.3 is 10.6 Å². The Hall–Kier alpha value is -4.20. The molecule has 34 heavy (non-hydrogen) atoms. The number of nitrogens with one attached hydrogen (secondary N) is 2. The van der Waals surface area contributed by atoms with E-state index in [0.717, 1.165) is 36.4 Å². The van der Waals surface area contributed by atoms with Gasteiger partial charge >= 0.3 is 6.18 Å². The Morgan fingerprint density at radius 1 is 1.06 bits per heavy atom. The minimum absolute atomic E-state index is 0.189. The van der Waals surface area contributed by atoms with Crippen molar-refractivity contribution >= 4 is 51.8 Å². The Kier molecular flexibility index (Phi) is 7.00. The topological polar surface area (TPSA) is 139 Å². The van der Waals surface area contributed by atoms with Crippen LogP contribution in [0, 0.1) is 10.1 Å². The van der Waals surface area contributed by atoms with Crippen LogP contribution in [0.2, 0.25) is 0 Å². The number of non-ortho nitro benzene ring substituents is 1. The number of benzene rings is 2. The number of hydrogen-bond acceptors (Lipinski definition) is 7. The second kappa shape index (κ2) is 9.74. The van der Waals surface area contributed by atoms with E-state index < -0.39 is 51.9 Å². The number of carbonyl (C=O) groups excluding carboxylic acids is 4.